The second kappa shape index (κ2) is 19.3. The SMILES string of the molecule is CCCCCCCCCCCCCC(O)C(C)CCCCCCC. The molecule has 146 valence electrons. The van der Waals surface area contributed by atoms with Gasteiger partial charge in [0.1, 0.15) is 0 Å². The lowest BCUT2D eigenvalue weighted by Gasteiger charge is -2.18. The van der Waals surface area contributed by atoms with Gasteiger partial charge in [0.25, 0.3) is 0 Å². The quantitative estimate of drug-likeness (QED) is 0.236. The van der Waals surface area contributed by atoms with Crippen LogP contribution in [0.2, 0.25) is 0 Å². The predicted octanol–water partition coefficient (Wildman–Crippen LogP) is 8.05. The molecule has 0 radical (unpaired) electrons. The molecule has 0 aromatic rings. The fourth-order valence-corrected chi connectivity index (χ4v) is 3.56. The largest absolute Gasteiger partial charge is 0.393 e. The maximum atomic E-state index is 10.3. The van der Waals surface area contributed by atoms with Crippen molar-refractivity contribution >= 4 is 0 Å². The second-order valence-corrected chi connectivity index (χ2v) is 8.07. The molecule has 2 unspecified atom stereocenters. The average Bonchev–Trinajstić information content (AvgIpc) is 2.59. The molecule has 24 heavy (non-hydrogen) atoms. The van der Waals surface area contributed by atoms with Crippen molar-refractivity contribution in [3.8, 4) is 0 Å². The minimum absolute atomic E-state index is 0.0604. The molecule has 0 rings (SSSR count). The van der Waals surface area contributed by atoms with E-state index in [4.69, 9.17) is 0 Å². The van der Waals surface area contributed by atoms with E-state index in [9.17, 15) is 5.11 Å². The van der Waals surface area contributed by atoms with Crippen LogP contribution in [0.1, 0.15) is 136 Å². The molecule has 0 spiro atoms. The van der Waals surface area contributed by atoms with Crippen molar-refractivity contribution in [3.63, 3.8) is 0 Å². The third kappa shape index (κ3) is 16.8. The standard InChI is InChI=1S/C23H48O/c1-4-6-8-10-11-12-13-14-15-17-19-21-23(24)22(3)20-18-16-9-7-5-2/h22-24H,4-21H2,1-3H3. The first kappa shape index (κ1) is 24.0. The lowest BCUT2D eigenvalue weighted by Crippen LogP contribution is -2.17. The summed E-state index contributed by atoms with van der Waals surface area (Å²) in [6.07, 6.45) is 24.1. The van der Waals surface area contributed by atoms with Crippen molar-refractivity contribution in [2.75, 3.05) is 0 Å². The molecule has 0 aliphatic carbocycles. The number of rotatable bonds is 19. The molecule has 0 saturated heterocycles. The lowest BCUT2D eigenvalue weighted by atomic mass is 9.93. The maximum absolute atomic E-state index is 10.3. The Morgan fingerprint density at radius 2 is 0.833 bits per heavy atom. The van der Waals surface area contributed by atoms with Gasteiger partial charge in [-0.15, -0.1) is 0 Å². The first-order chi connectivity index (χ1) is 11.7. The fourth-order valence-electron chi connectivity index (χ4n) is 3.56. The summed E-state index contributed by atoms with van der Waals surface area (Å²) in [5.41, 5.74) is 0. The van der Waals surface area contributed by atoms with Gasteiger partial charge in [0.15, 0.2) is 0 Å². The van der Waals surface area contributed by atoms with Gasteiger partial charge < -0.3 is 5.11 Å². The molecule has 0 fully saturated rings. The number of aliphatic hydroxyl groups is 1. The molecule has 0 bridgehead atoms. The summed E-state index contributed by atoms with van der Waals surface area (Å²) in [5.74, 6) is 0.495. The highest BCUT2D eigenvalue weighted by molar-refractivity contribution is 4.65. The maximum Gasteiger partial charge on any atom is 0.0565 e. The highest BCUT2D eigenvalue weighted by atomic mass is 16.3. The van der Waals surface area contributed by atoms with Gasteiger partial charge in [0.05, 0.1) is 6.10 Å². The monoisotopic (exact) mass is 340 g/mol. The molecule has 1 nitrogen and oxygen atoms in total. The van der Waals surface area contributed by atoms with Crippen LogP contribution in [0.5, 0.6) is 0 Å². The van der Waals surface area contributed by atoms with Crippen LogP contribution in [0.4, 0.5) is 0 Å². The van der Waals surface area contributed by atoms with Crippen LogP contribution in [0, 0.1) is 5.92 Å². The van der Waals surface area contributed by atoms with E-state index in [-0.39, 0.29) is 6.10 Å². The first-order valence-electron chi connectivity index (χ1n) is 11.4. The Labute approximate surface area is 154 Å². The number of unbranched alkanes of at least 4 members (excludes halogenated alkanes) is 14. The van der Waals surface area contributed by atoms with E-state index in [0.29, 0.717) is 5.92 Å². The van der Waals surface area contributed by atoms with E-state index in [2.05, 4.69) is 20.8 Å². The lowest BCUT2D eigenvalue weighted by molar-refractivity contribution is 0.0985. The normalized spacial score (nSPS) is 14.0. The Morgan fingerprint density at radius 1 is 0.500 bits per heavy atom. The van der Waals surface area contributed by atoms with Crippen molar-refractivity contribution in [2.45, 2.75) is 142 Å². The summed E-state index contributed by atoms with van der Waals surface area (Å²) in [6.45, 7) is 6.79. The van der Waals surface area contributed by atoms with Crippen LogP contribution < -0.4 is 0 Å². The van der Waals surface area contributed by atoms with Gasteiger partial charge in [-0.05, 0) is 18.8 Å². The van der Waals surface area contributed by atoms with Gasteiger partial charge in [-0.3, -0.25) is 0 Å². The Bertz CT molecular complexity index is 226. The minimum Gasteiger partial charge on any atom is -0.393 e. The molecular weight excluding hydrogens is 292 g/mol. The molecular formula is C23H48O. The third-order valence-corrected chi connectivity index (χ3v) is 5.52. The Balaban J connectivity index is 3.28. The molecule has 0 heterocycles. The summed E-state index contributed by atoms with van der Waals surface area (Å²) in [4.78, 5) is 0. The number of aliphatic hydroxyl groups excluding tert-OH is 1. The fraction of sp³-hybridized carbons (Fsp3) is 1.00. The zero-order chi connectivity index (χ0) is 17.9. The van der Waals surface area contributed by atoms with E-state index in [1.165, 1.54) is 109 Å². The second-order valence-electron chi connectivity index (χ2n) is 8.07. The van der Waals surface area contributed by atoms with E-state index < -0.39 is 0 Å². The third-order valence-electron chi connectivity index (χ3n) is 5.52. The van der Waals surface area contributed by atoms with E-state index in [1.807, 2.05) is 0 Å². The molecule has 2 atom stereocenters. The summed E-state index contributed by atoms with van der Waals surface area (Å²) in [5, 5.41) is 10.3. The molecule has 0 aromatic heterocycles. The van der Waals surface area contributed by atoms with Gasteiger partial charge in [0, 0.05) is 0 Å². The van der Waals surface area contributed by atoms with Crippen molar-refractivity contribution < 1.29 is 5.11 Å². The van der Waals surface area contributed by atoms with E-state index in [0.717, 1.165) is 6.42 Å². The summed E-state index contributed by atoms with van der Waals surface area (Å²) >= 11 is 0. The van der Waals surface area contributed by atoms with Gasteiger partial charge >= 0.3 is 0 Å². The van der Waals surface area contributed by atoms with Crippen molar-refractivity contribution in [1.82, 2.24) is 0 Å². The molecule has 0 aromatic carbocycles. The molecule has 1 N–H and O–H groups in total. The van der Waals surface area contributed by atoms with Crippen molar-refractivity contribution in [1.29, 1.82) is 0 Å². The average molecular weight is 341 g/mol. The van der Waals surface area contributed by atoms with Crippen LogP contribution in [0.25, 0.3) is 0 Å². The van der Waals surface area contributed by atoms with Gasteiger partial charge in [-0.25, -0.2) is 0 Å². The minimum atomic E-state index is -0.0604. The Hall–Kier alpha value is -0.0400. The van der Waals surface area contributed by atoms with Gasteiger partial charge in [-0.2, -0.15) is 0 Å². The van der Waals surface area contributed by atoms with Crippen molar-refractivity contribution in [3.05, 3.63) is 0 Å². The van der Waals surface area contributed by atoms with Crippen LogP contribution in [0.15, 0.2) is 0 Å². The summed E-state index contributed by atoms with van der Waals surface area (Å²) < 4.78 is 0. The first-order valence-corrected chi connectivity index (χ1v) is 11.4. The summed E-state index contributed by atoms with van der Waals surface area (Å²) in [6, 6.07) is 0. The van der Waals surface area contributed by atoms with E-state index >= 15 is 0 Å². The van der Waals surface area contributed by atoms with Crippen LogP contribution in [-0.4, -0.2) is 11.2 Å². The molecule has 0 aliphatic heterocycles. The molecule has 0 saturated carbocycles. The number of hydrogen-bond acceptors (Lipinski definition) is 1. The smallest absolute Gasteiger partial charge is 0.0565 e. The molecule has 1 heteroatoms. The van der Waals surface area contributed by atoms with Crippen LogP contribution in [-0.2, 0) is 0 Å². The van der Waals surface area contributed by atoms with E-state index in [1.54, 1.807) is 0 Å². The Morgan fingerprint density at radius 3 is 1.25 bits per heavy atom. The van der Waals surface area contributed by atoms with Crippen LogP contribution >= 0.6 is 0 Å². The van der Waals surface area contributed by atoms with Gasteiger partial charge in [-0.1, -0.05) is 124 Å². The van der Waals surface area contributed by atoms with Crippen molar-refractivity contribution in [2.24, 2.45) is 5.92 Å². The Kier molecular flexibility index (Phi) is 19.3. The highest BCUT2D eigenvalue weighted by Gasteiger charge is 2.13. The van der Waals surface area contributed by atoms with Gasteiger partial charge in [0.2, 0.25) is 0 Å². The summed E-state index contributed by atoms with van der Waals surface area (Å²) in [7, 11) is 0. The molecule has 0 aliphatic rings. The zero-order valence-electron chi connectivity index (χ0n) is 17.3. The topological polar surface area (TPSA) is 20.2 Å². The predicted molar refractivity (Wildman–Crippen MR) is 110 cm³/mol. The van der Waals surface area contributed by atoms with Crippen LogP contribution in [0.3, 0.4) is 0 Å². The highest BCUT2D eigenvalue weighted by Crippen LogP contribution is 2.19. The zero-order valence-corrected chi connectivity index (χ0v) is 17.3. The number of hydrogen-bond donors (Lipinski definition) is 1. The molecule has 0 amide bonds.